The molecule has 7 heteroatoms. The number of halogens is 3. The summed E-state index contributed by atoms with van der Waals surface area (Å²) in [5.41, 5.74) is -0.148. The summed E-state index contributed by atoms with van der Waals surface area (Å²) in [6, 6.07) is 4.80. The van der Waals surface area contributed by atoms with Crippen molar-refractivity contribution in [3.63, 3.8) is 0 Å². The predicted octanol–water partition coefficient (Wildman–Crippen LogP) is 2.83. The van der Waals surface area contributed by atoms with Gasteiger partial charge in [-0.1, -0.05) is 12.1 Å². The summed E-state index contributed by atoms with van der Waals surface area (Å²) >= 11 is 0. The van der Waals surface area contributed by atoms with Crippen LogP contribution in [0.4, 0.5) is 13.2 Å². The highest BCUT2D eigenvalue weighted by atomic mass is 19.4. The van der Waals surface area contributed by atoms with Gasteiger partial charge < -0.3 is 5.11 Å². The normalized spacial score (nSPS) is 18.6. The van der Waals surface area contributed by atoms with E-state index >= 15 is 0 Å². The van der Waals surface area contributed by atoms with Crippen LogP contribution < -0.4 is 0 Å². The molecular formula is C14H14F3N3O. The molecule has 0 bridgehead atoms. The number of fused-ring (bicyclic) bond motifs is 1. The van der Waals surface area contributed by atoms with Crippen LogP contribution in [0.2, 0.25) is 0 Å². The topological polar surface area (TPSA) is 50.9 Å². The molecule has 2 heterocycles. The predicted molar refractivity (Wildman–Crippen MR) is 69.5 cm³/mol. The number of nitrogens with zero attached hydrogens (tertiary/aromatic N) is 3. The Hall–Kier alpha value is -1.89. The fourth-order valence-electron chi connectivity index (χ4n) is 2.54. The van der Waals surface area contributed by atoms with Gasteiger partial charge in [0.1, 0.15) is 5.82 Å². The fraction of sp³-hybridized carbons (Fsp3) is 0.429. The Balaban J connectivity index is 1.93. The number of benzene rings is 1. The molecule has 1 aromatic carbocycles. The smallest absolute Gasteiger partial charge is 0.396 e. The molecule has 21 heavy (non-hydrogen) atoms. The van der Waals surface area contributed by atoms with Crippen molar-refractivity contribution in [2.24, 2.45) is 0 Å². The summed E-state index contributed by atoms with van der Waals surface area (Å²) in [4.78, 5) is 4.38. The quantitative estimate of drug-likeness (QED) is 0.927. The van der Waals surface area contributed by atoms with Crippen molar-refractivity contribution >= 4 is 0 Å². The number of hydrogen-bond acceptors (Lipinski definition) is 3. The zero-order valence-electron chi connectivity index (χ0n) is 11.1. The standard InChI is InChI=1S/C14H14F3N3O/c15-14(16,17)11-5-3-9(4-6-11)12-18-13-10(8-21)2-1-7-20(13)19-12/h3-6,10,21H,1-2,7-8H2. The van der Waals surface area contributed by atoms with Gasteiger partial charge in [0.05, 0.1) is 12.2 Å². The van der Waals surface area contributed by atoms with Crippen LogP contribution in [0.5, 0.6) is 0 Å². The molecular weight excluding hydrogens is 283 g/mol. The summed E-state index contributed by atoms with van der Waals surface area (Å²) in [7, 11) is 0. The van der Waals surface area contributed by atoms with Gasteiger partial charge in [0, 0.05) is 18.0 Å². The van der Waals surface area contributed by atoms with Crippen molar-refractivity contribution in [1.29, 1.82) is 0 Å². The first kappa shape index (κ1) is 14.1. The van der Waals surface area contributed by atoms with Crippen molar-refractivity contribution in [2.75, 3.05) is 6.61 Å². The Bertz CT molecular complexity index is 634. The van der Waals surface area contributed by atoms with Gasteiger partial charge in [0.25, 0.3) is 0 Å². The van der Waals surface area contributed by atoms with E-state index in [4.69, 9.17) is 0 Å². The van der Waals surface area contributed by atoms with Crippen LogP contribution in [0.3, 0.4) is 0 Å². The Kier molecular flexibility index (Phi) is 3.44. The third-order valence-electron chi connectivity index (χ3n) is 3.68. The third kappa shape index (κ3) is 2.65. The van der Waals surface area contributed by atoms with Crippen LogP contribution in [-0.2, 0) is 12.7 Å². The molecule has 1 aliphatic rings. The highest BCUT2D eigenvalue weighted by molar-refractivity contribution is 5.55. The van der Waals surface area contributed by atoms with Gasteiger partial charge in [-0.2, -0.15) is 18.3 Å². The van der Waals surface area contributed by atoms with Gasteiger partial charge in [-0.3, -0.25) is 0 Å². The summed E-state index contributed by atoms with van der Waals surface area (Å²) in [6.45, 7) is 0.727. The molecule has 0 amide bonds. The molecule has 1 atom stereocenters. The number of alkyl halides is 3. The fourth-order valence-corrected chi connectivity index (χ4v) is 2.54. The number of aliphatic hydroxyl groups is 1. The minimum Gasteiger partial charge on any atom is -0.396 e. The lowest BCUT2D eigenvalue weighted by Crippen LogP contribution is -2.19. The number of rotatable bonds is 2. The summed E-state index contributed by atoms with van der Waals surface area (Å²) in [6.07, 6.45) is -2.59. The molecule has 0 fully saturated rings. The van der Waals surface area contributed by atoms with Crippen molar-refractivity contribution in [3.05, 3.63) is 35.7 Å². The van der Waals surface area contributed by atoms with E-state index in [0.717, 1.165) is 31.5 Å². The first-order valence-electron chi connectivity index (χ1n) is 6.72. The van der Waals surface area contributed by atoms with Gasteiger partial charge in [0.15, 0.2) is 5.82 Å². The van der Waals surface area contributed by atoms with Gasteiger partial charge in [-0.25, -0.2) is 9.67 Å². The van der Waals surface area contributed by atoms with E-state index in [9.17, 15) is 18.3 Å². The molecule has 1 aliphatic heterocycles. The van der Waals surface area contributed by atoms with E-state index < -0.39 is 11.7 Å². The summed E-state index contributed by atoms with van der Waals surface area (Å²) < 4.78 is 39.4. The van der Waals surface area contributed by atoms with E-state index in [1.807, 2.05) is 0 Å². The van der Waals surface area contributed by atoms with E-state index in [1.165, 1.54) is 12.1 Å². The lowest BCUT2D eigenvalue weighted by Gasteiger charge is -2.19. The lowest BCUT2D eigenvalue weighted by molar-refractivity contribution is -0.137. The molecule has 0 spiro atoms. The first-order valence-corrected chi connectivity index (χ1v) is 6.72. The van der Waals surface area contributed by atoms with Crippen molar-refractivity contribution in [3.8, 4) is 11.4 Å². The molecule has 0 saturated heterocycles. The van der Waals surface area contributed by atoms with E-state index in [-0.39, 0.29) is 12.5 Å². The van der Waals surface area contributed by atoms with Crippen LogP contribution >= 0.6 is 0 Å². The molecule has 2 aromatic rings. The minimum absolute atomic E-state index is 0.00510. The molecule has 0 radical (unpaired) electrons. The maximum atomic E-state index is 12.5. The molecule has 1 N–H and O–H groups in total. The molecule has 1 aromatic heterocycles. The van der Waals surface area contributed by atoms with Crippen LogP contribution in [0, 0.1) is 0 Å². The van der Waals surface area contributed by atoms with Crippen LogP contribution in [0.25, 0.3) is 11.4 Å². The molecule has 1 unspecified atom stereocenters. The Morgan fingerprint density at radius 1 is 1.24 bits per heavy atom. The monoisotopic (exact) mass is 297 g/mol. The first-order chi connectivity index (χ1) is 9.99. The van der Waals surface area contributed by atoms with Crippen LogP contribution in [0.15, 0.2) is 24.3 Å². The molecule has 3 rings (SSSR count). The highest BCUT2D eigenvalue weighted by Crippen LogP contribution is 2.31. The number of aromatic nitrogens is 3. The van der Waals surface area contributed by atoms with Crippen LogP contribution in [0.1, 0.15) is 30.1 Å². The highest BCUT2D eigenvalue weighted by Gasteiger charge is 2.30. The average molecular weight is 297 g/mol. The van der Waals surface area contributed by atoms with Gasteiger partial charge in [-0.05, 0) is 25.0 Å². The SMILES string of the molecule is OCC1CCCn2nc(-c3ccc(C(F)(F)F)cc3)nc21. The molecule has 112 valence electrons. The van der Waals surface area contributed by atoms with Gasteiger partial charge in [-0.15, -0.1) is 0 Å². The zero-order chi connectivity index (χ0) is 15.0. The maximum absolute atomic E-state index is 12.5. The summed E-state index contributed by atoms with van der Waals surface area (Å²) in [5.74, 6) is 1.06. The minimum atomic E-state index is -4.35. The molecule has 0 saturated carbocycles. The van der Waals surface area contributed by atoms with Crippen molar-refractivity contribution in [1.82, 2.24) is 14.8 Å². The Labute approximate surface area is 119 Å². The Morgan fingerprint density at radius 2 is 1.95 bits per heavy atom. The zero-order valence-corrected chi connectivity index (χ0v) is 11.1. The second-order valence-electron chi connectivity index (χ2n) is 5.11. The number of hydrogen-bond donors (Lipinski definition) is 1. The lowest BCUT2D eigenvalue weighted by atomic mass is 10.0. The summed E-state index contributed by atoms with van der Waals surface area (Å²) in [5, 5.41) is 13.7. The van der Waals surface area contributed by atoms with Crippen molar-refractivity contribution in [2.45, 2.75) is 31.5 Å². The van der Waals surface area contributed by atoms with Gasteiger partial charge in [0.2, 0.25) is 0 Å². The van der Waals surface area contributed by atoms with Crippen molar-refractivity contribution < 1.29 is 18.3 Å². The molecule has 0 aliphatic carbocycles. The van der Waals surface area contributed by atoms with E-state index in [0.29, 0.717) is 17.2 Å². The van der Waals surface area contributed by atoms with E-state index in [1.54, 1.807) is 4.68 Å². The second kappa shape index (κ2) is 5.14. The third-order valence-corrected chi connectivity index (χ3v) is 3.68. The molecule has 4 nitrogen and oxygen atoms in total. The van der Waals surface area contributed by atoms with Crippen LogP contribution in [-0.4, -0.2) is 26.5 Å². The number of aliphatic hydroxyl groups excluding tert-OH is 1. The maximum Gasteiger partial charge on any atom is 0.416 e. The van der Waals surface area contributed by atoms with Gasteiger partial charge >= 0.3 is 6.18 Å². The number of aryl methyl sites for hydroxylation is 1. The average Bonchev–Trinajstić information content (AvgIpc) is 2.90. The Morgan fingerprint density at radius 3 is 2.57 bits per heavy atom. The second-order valence-corrected chi connectivity index (χ2v) is 5.11. The largest absolute Gasteiger partial charge is 0.416 e. The van der Waals surface area contributed by atoms with E-state index in [2.05, 4.69) is 10.1 Å².